The van der Waals surface area contributed by atoms with Crippen LogP contribution in [0.1, 0.15) is 213 Å². The number of hydrogen-bond acceptors (Lipinski definition) is 6. The topological polar surface area (TPSA) is 78.9 Å². The molecule has 0 saturated carbocycles. The highest BCUT2D eigenvalue weighted by Crippen LogP contribution is 2.13. The minimum atomic E-state index is -0.840. The lowest BCUT2D eigenvalue weighted by atomic mass is 10.1. The van der Waals surface area contributed by atoms with Crippen molar-refractivity contribution in [3.8, 4) is 0 Å². The highest BCUT2D eigenvalue weighted by molar-refractivity contribution is 5.71. The van der Waals surface area contributed by atoms with Gasteiger partial charge < -0.3 is 14.2 Å². The molecule has 0 spiro atoms. The Bertz CT molecular complexity index is 1400. The third-order valence-electron chi connectivity index (χ3n) is 10.5. The van der Waals surface area contributed by atoms with E-state index in [4.69, 9.17) is 14.2 Å². The third kappa shape index (κ3) is 50.7. The van der Waals surface area contributed by atoms with E-state index in [1.165, 1.54) is 70.6 Å². The van der Waals surface area contributed by atoms with Crippen molar-refractivity contribution in [2.45, 2.75) is 219 Å². The molecule has 0 aliphatic heterocycles. The summed E-state index contributed by atoms with van der Waals surface area (Å²) >= 11 is 0. The molecule has 1 atom stereocenters. The number of carbonyl (C=O) groups excluding carboxylic acids is 3. The average Bonchev–Trinajstić information content (AvgIpc) is 3.30. The molecule has 0 heterocycles. The van der Waals surface area contributed by atoms with Crippen molar-refractivity contribution in [1.29, 1.82) is 0 Å². The lowest BCUT2D eigenvalue weighted by Crippen LogP contribution is -2.30. The predicted octanol–water partition coefficient (Wildman–Crippen LogP) is 17.3. The van der Waals surface area contributed by atoms with Gasteiger partial charge in [-0.15, -0.1) is 0 Å². The first-order valence-electron chi connectivity index (χ1n) is 26.1. The molecule has 65 heavy (non-hydrogen) atoms. The SMILES string of the molecule is CC\C=C/C=C\C=C/C=C\CCCCCC(=O)OCC(COC(=O)CCCCCCC/C=C\CCCCCCCCCCC)OC(=O)CC/C=C\C/C=C\C/C=C\C/C=C\C/C=C\CC. The summed E-state index contributed by atoms with van der Waals surface area (Å²) in [5, 5.41) is 0. The minimum absolute atomic E-state index is 0.128. The van der Waals surface area contributed by atoms with Crippen LogP contribution in [-0.2, 0) is 28.6 Å². The number of hydrogen-bond donors (Lipinski definition) is 0. The standard InChI is InChI=1S/C59H94O6/c1-4-7-10-13-16-19-22-25-27-29-30-32-34-37-40-43-46-49-52-58(61)64-55-56(54-63-57(60)51-48-45-42-39-36-33-24-21-18-15-12-9-6-3)65-59(62)53-50-47-44-41-38-35-31-28-26-23-20-17-14-11-8-5-2/h8-9,11-12,15,17-18,20-21,24,26,28,30,32-33,35-36,38,44,47,56H,4-7,10,13-14,16,19,22-23,25,27,29,31,34,37,39-43,45-46,48-55H2,1-3H3/b11-8-,12-9-,18-15-,20-17-,24-21-,28-26-,32-30-,36-33-,38-35-,47-44-. The smallest absolute Gasteiger partial charge is 0.306 e. The lowest BCUT2D eigenvalue weighted by molar-refractivity contribution is -0.166. The summed E-state index contributed by atoms with van der Waals surface area (Å²) in [6, 6.07) is 0. The van der Waals surface area contributed by atoms with E-state index in [0.29, 0.717) is 19.3 Å². The van der Waals surface area contributed by atoms with Crippen molar-refractivity contribution in [1.82, 2.24) is 0 Å². The van der Waals surface area contributed by atoms with Crippen molar-refractivity contribution >= 4 is 17.9 Å². The predicted molar refractivity (Wildman–Crippen MR) is 279 cm³/mol. The van der Waals surface area contributed by atoms with Crippen LogP contribution in [0.5, 0.6) is 0 Å². The summed E-state index contributed by atoms with van der Waals surface area (Å²) in [5.74, 6) is -1.07. The van der Waals surface area contributed by atoms with E-state index in [2.05, 4.69) is 93.7 Å². The Morgan fingerprint density at radius 1 is 0.338 bits per heavy atom. The zero-order valence-electron chi connectivity index (χ0n) is 41.7. The van der Waals surface area contributed by atoms with Crippen LogP contribution >= 0.6 is 0 Å². The van der Waals surface area contributed by atoms with Gasteiger partial charge in [0, 0.05) is 19.3 Å². The molecule has 0 radical (unpaired) electrons. The van der Waals surface area contributed by atoms with Crippen molar-refractivity contribution < 1.29 is 28.6 Å². The first-order chi connectivity index (χ1) is 32.0. The number of unbranched alkanes of at least 4 members (excludes halogenated alkanes) is 17. The first kappa shape index (κ1) is 60.8. The molecule has 0 aliphatic carbocycles. The van der Waals surface area contributed by atoms with E-state index < -0.39 is 12.1 Å². The lowest BCUT2D eigenvalue weighted by Gasteiger charge is -2.18. The average molecular weight is 899 g/mol. The zero-order valence-corrected chi connectivity index (χ0v) is 41.7. The van der Waals surface area contributed by atoms with Gasteiger partial charge in [0.15, 0.2) is 6.10 Å². The molecule has 0 rings (SSSR count). The summed E-state index contributed by atoms with van der Waals surface area (Å²) in [4.78, 5) is 38.0. The van der Waals surface area contributed by atoms with Gasteiger partial charge in [0.05, 0.1) is 0 Å². The molecular weight excluding hydrogens is 805 g/mol. The number of allylic oxidation sites excluding steroid dienone is 20. The Balaban J connectivity index is 4.55. The van der Waals surface area contributed by atoms with Gasteiger partial charge in [-0.1, -0.05) is 219 Å². The second-order valence-electron chi connectivity index (χ2n) is 16.8. The zero-order chi connectivity index (χ0) is 47.2. The van der Waals surface area contributed by atoms with E-state index in [0.717, 1.165) is 96.3 Å². The van der Waals surface area contributed by atoms with E-state index >= 15 is 0 Å². The molecular formula is C59H94O6. The Labute approximate surface area is 399 Å². The van der Waals surface area contributed by atoms with Crippen LogP contribution in [0.3, 0.4) is 0 Å². The highest BCUT2D eigenvalue weighted by Gasteiger charge is 2.19. The van der Waals surface area contributed by atoms with Gasteiger partial charge >= 0.3 is 17.9 Å². The van der Waals surface area contributed by atoms with E-state index in [9.17, 15) is 14.4 Å². The fraction of sp³-hybridized carbons (Fsp3) is 0.610. The highest BCUT2D eigenvalue weighted by atomic mass is 16.6. The van der Waals surface area contributed by atoms with E-state index in [1.54, 1.807) is 0 Å². The maximum absolute atomic E-state index is 12.8. The van der Waals surface area contributed by atoms with Crippen LogP contribution in [0.15, 0.2) is 122 Å². The fourth-order valence-corrected chi connectivity index (χ4v) is 6.67. The van der Waals surface area contributed by atoms with Gasteiger partial charge in [0.1, 0.15) is 13.2 Å². The molecule has 0 aromatic carbocycles. The Hall–Kier alpha value is -4.19. The third-order valence-corrected chi connectivity index (χ3v) is 10.5. The molecule has 6 nitrogen and oxygen atoms in total. The van der Waals surface area contributed by atoms with E-state index in [1.807, 2.05) is 48.6 Å². The molecule has 0 bridgehead atoms. The minimum Gasteiger partial charge on any atom is -0.462 e. The molecule has 0 aromatic heterocycles. The maximum Gasteiger partial charge on any atom is 0.306 e. The second kappa shape index (κ2) is 52.4. The van der Waals surface area contributed by atoms with Gasteiger partial charge in [-0.2, -0.15) is 0 Å². The molecule has 0 aliphatic rings. The molecule has 366 valence electrons. The molecule has 0 fully saturated rings. The number of ether oxygens (including phenoxy) is 3. The molecule has 0 amide bonds. The number of rotatable bonds is 45. The van der Waals surface area contributed by atoms with Crippen molar-refractivity contribution in [3.05, 3.63) is 122 Å². The van der Waals surface area contributed by atoms with Gasteiger partial charge in [0.25, 0.3) is 0 Å². The number of carbonyl (C=O) groups is 3. The van der Waals surface area contributed by atoms with Crippen LogP contribution in [0.4, 0.5) is 0 Å². The molecule has 1 unspecified atom stereocenters. The Morgan fingerprint density at radius 2 is 0.708 bits per heavy atom. The maximum atomic E-state index is 12.8. The summed E-state index contributed by atoms with van der Waals surface area (Å²) < 4.78 is 16.7. The molecule has 0 saturated heterocycles. The molecule has 0 aromatic rings. The van der Waals surface area contributed by atoms with Crippen molar-refractivity contribution in [2.24, 2.45) is 0 Å². The van der Waals surface area contributed by atoms with Gasteiger partial charge in [-0.3, -0.25) is 14.4 Å². The van der Waals surface area contributed by atoms with Crippen molar-refractivity contribution in [3.63, 3.8) is 0 Å². The Morgan fingerprint density at radius 3 is 1.20 bits per heavy atom. The quantitative estimate of drug-likeness (QED) is 0.0199. The summed E-state index contributed by atoms with van der Waals surface area (Å²) in [5.41, 5.74) is 0. The molecule has 6 heteroatoms. The molecule has 0 N–H and O–H groups in total. The van der Waals surface area contributed by atoms with Crippen LogP contribution in [-0.4, -0.2) is 37.2 Å². The van der Waals surface area contributed by atoms with Crippen LogP contribution in [0, 0.1) is 0 Å². The normalized spacial score (nSPS) is 13.1. The number of esters is 3. The fourth-order valence-electron chi connectivity index (χ4n) is 6.67. The van der Waals surface area contributed by atoms with Gasteiger partial charge in [-0.05, 0) is 96.3 Å². The monoisotopic (exact) mass is 899 g/mol. The van der Waals surface area contributed by atoms with Crippen molar-refractivity contribution in [2.75, 3.05) is 13.2 Å². The largest absolute Gasteiger partial charge is 0.462 e. The summed E-state index contributed by atoms with van der Waals surface area (Å²) in [6.45, 7) is 6.26. The van der Waals surface area contributed by atoms with Crippen LogP contribution in [0.25, 0.3) is 0 Å². The van der Waals surface area contributed by atoms with Gasteiger partial charge in [-0.25, -0.2) is 0 Å². The Kier molecular flexibility index (Phi) is 49.1. The summed E-state index contributed by atoms with van der Waals surface area (Å²) in [7, 11) is 0. The summed E-state index contributed by atoms with van der Waals surface area (Å²) in [6.07, 6.45) is 72.0. The van der Waals surface area contributed by atoms with Crippen LogP contribution in [0.2, 0.25) is 0 Å². The van der Waals surface area contributed by atoms with Gasteiger partial charge in [0.2, 0.25) is 0 Å². The van der Waals surface area contributed by atoms with E-state index in [-0.39, 0.29) is 31.6 Å². The first-order valence-corrected chi connectivity index (χ1v) is 26.1. The van der Waals surface area contributed by atoms with Crippen LogP contribution < -0.4 is 0 Å². The second-order valence-corrected chi connectivity index (χ2v) is 16.8.